The maximum Gasteiger partial charge on any atom is 0.404 e. The van der Waals surface area contributed by atoms with E-state index in [1.807, 2.05) is 0 Å². The Bertz CT molecular complexity index is 1000. The molecular weight excluding hydrogens is 412 g/mol. The lowest BCUT2D eigenvalue weighted by Gasteiger charge is -2.26. The van der Waals surface area contributed by atoms with E-state index in [1.165, 1.54) is 0 Å². The van der Waals surface area contributed by atoms with Crippen molar-refractivity contribution in [2.45, 2.75) is 6.10 Å². The highest BCUT2D eigenvalue weighted by molar-refractivity contribution is 6.33. The van der Waals surface area contributed by atoms with E-state index >= 15 is 0 Å². The third kappa shape index (κ3) is 3.96. The number of Topliss-reactive ketones (excluding diaryl/α,β-unsaturated/α-hetero) is 1. The van der Waals surface area contributed by atoms with Crippen LogP contribution < -0.4 is 10.1 Å². The normalized spacial score (nSPS) is 18.0. The number of carboxylic acid groups (broad SMARTS) is 1. The molecule has 1 atom stereocenters. The molecule has 4 rings (SSSR count). The first kappa shape index (κ1) is 20.2. The number of ether oxygens (including phenoxy) is 2. The molecule has 9 heteroatoms. The number of amides is 2. The fourth-order valence-electron chi connectivity index (χ4n) is 3.50. The minimum absolute atomic E-state index is 0.0471. The average molecular weight is 431 g/mol. The molecule has 2 aliphatic heterocycles. The van der Waals surface area contributed by atoms with E-state index in [1.54, 1.807) is 41.3 Å². The van der Waals surface area contributed by atoms with Crippen LogP contribution in [0.3, 0.4) is 0 Å². The van der Waals surface area contributed by atoms with E-state index in [0.29, 0.717) is 43.0 Å². The topological polar surface area (TPSA) is 105 Å². The second-order valence-corrected chi connectivity index (χ2v) is 7.38. The highest BCUT2D eigenvalue weighted by Gasteiger charge is 2.34. The molecule has 1 fully saturated rings. The predicted molar refractivity (Wildman–Crippen MR) is 108 cm³/mol. The Kier molecular flexibility index (Phi) is 5.61. The van der Waals surface area contributed by atoms with Crippen molar-refractivity contribution >= 4 is 29.4 Å². The first-order valence-electron chi connectivity index (χ1n) is 9.42. The molecule has 1 saturated heterocycles. The minimum Gasteiger partial charge on any atom is -0.478 e. The summed E-state index contributed by atoms with van der Waals surface area (Å²) in [5, 5.41) is 11.1. The van der Waals surface area contributed by atoms with Crippen LogP contribution in [-0.4, -0.2) is 66.7 Å². The fourth-order valence-corrected chi connectivity index (χ4v) is 3.76. The number of hydrogen-bond acceptors (Lipinski definition) is 5. The summed E-state index contributed by atoms with van der Waals surface area (Å²) in [6, 6.07) is 10.4. The maximum absolute atomic E-state index is 12.6. The lowest BCUT2D eigenvalue weighted by atomic mass is 9.99. The number of rotatable bonds is 4. The Morgan fingerprint density at radius 2 is 1.83 bits per heavy atom. The van der Waals surface area contributed by atoms with Gasteiger partial charge in [0.05, 0.1) is 30.3 Å². The quantitative estimate of drug-likeness (QED) is 0.772. The highest BCUT2D eigenvalue weighted by atomic mass is 35.5. The molecule has 1 unspecified atom stereocenters. The molecule has 0 aliphatic carbocycles. The first-order chi connectivity index (χ1) is 14.4. The van der Waals surface area contributed by atoms with Crippen molar-refractivity contribution in [3.8, 4) is 16.9 Å². The Balaban J connectivity index is 1.54. The van der Waals surface area contributed by atoms with Crippen LogP contribution in [0.4, 0.5) is 4.79 Å². The lowest BCUT2D eigenvalue weighted by molar-refractivity contribution is 0.0303. The number of nitrogens with zero attached hydrogens (tertiary/aromatic N) is 1. The van der Waals surface area contributed by atoms with Crippen LogP contribution in [0.5, 0.6) is 5.75 Å². The van der Waals surface area contributed by atoms with Gasteiger partial charge in [-0.2, -0.15) is 0 Å². The Labute approximate surface area is 177 Å². The zero-order chi connectivity index (χ0) is 21.3. The van der Waals surface area contributed by atoms with Gasteiger partial charge in [-0.1, -0.05) is 23.7 Å². The smallest absolute Gasteiger partial charge is 0.404 e. The SMILES string of the molecule is O=C(O)NCC1Oc2c(Cl)cc(-c3ccc(C(=O)N4CCOCC4)cc3)cc2C1=O. The van der Waals surface area contributed by atoms with Gasteiger partial charge < -0.3 is 24.8 Å². The summed E-state index contributed by atoms with van der Waals surface area (Å²) in [4.78, 5) is 37.6. The van der Waals surface area contributed by atoms with Crippen molar-refractivity contribution in [3.05, 3.63) is 52.5 Å². The lowest BCUT2D eigenvalue weighted by Crippen LogP contribution is -2.40. The fraction of sp³-hybridized carbons (Fsp3) is 0.286. The van der Waals surface area contributed by atoms with Crippen LogP contribution in [0.1, 0.15) is 20.7 Å². The van der Waals surface area contributed by atoms with Crippen LogP contribution in [0.2, 0.25) is 5.02 Å². The van der Waals surface area contributed by atoms with Crippen LogP contribution in [0, 0.1) is 0 Å². The summed E-state index contributed by atoms with van der Waals surface area (Å²) >= 11 is 6.31. The summed E-state index contributed by atoms with van der Waals surface area (Å²) in [5.74, 6) is -0.127. The molecule has 8 nitrogen and oxygen atoms in total. The minimum atomic E-state index is -1.24. The molecule has 2 amide bonds. The summed E-state index contributed by atoms with van der Waals surface area (Å²) in [7, 11) is 0. The number of benzene rings is 2. The van der Waals surface area contributed by atoms with Crippen molar-refractivity contribution in [2.24, 2.45) is 0 Å². The van der Waals surface area contributed by atoms with Gasteiger partial charge in [-0.25, -0.2) is 4.79 Å². The van der Waals surface area contributed by atoms with Gasteiger partial charge in [0.2, 0.25) is 5.78 Å². The van der Waals surface area contributed by atoms with E-state index in [9.17, 15) is 14.4 Å². The van der Waals surface area contributed by atoms with E-state index in [4.69, 9.17) is 26.2 Å². The van der Waals surface area contributed by atoms with E-state index in [0.717, 1.165) is 5.56 Å². The summed E-state index contributed by atoms with van der Waals surface area (Å²) in [6.07, 6.45) is -2.18. The number of fused-ring (bicyclic) bond motifs is 1. The summed E-state index contributed by atoms with van der Waals surface area (Å²) in [6.45, 7) is 2.06. The van der Waals surface area contributed by atoms with Gasteiger partial charge in [0.1, 0.15) is 5.75 Å². The van der Waals surface area contributed by atoms with Crippen LogP contribution in [0.25, 0.3) is 11.1 Å². The zero-order valence-electron chi connectivity index (χ0n) is 15.9. The van der Waals surface area contributed by atoms with Crippen LogP contribution >= 0.6 is 11.6 Å². The van der Waals surface area contributed by atoms with Gasteiger partial charge in [-0.15, -0.1) is 0 Å². The molecule has 0 spiro atoms. The van der Waals surface area contributed by atoms with Gasteiger partial charge in [-0.05, 0) is 35.4 Å². The van der Waals surface area contributed by atoms with E-state index in [-0.39, 0.29) is 29.0 Å². The van der Waals surface area contributed by atoms with Gasteiger partial charge >= 0.3 is 6.09 Å². The number of carbonyl (C=O) groups excluding carboxylic acids is 2. The van der Waals surface area contributed by atoms with Gasteiger partial charge in [-0.3, -0.25) is 9.59 Å². The predicted octanol–water partition coefficient (Wildman–Crippen LogP) is 2.69. The van der Waals surface area contributed by atoms with Crippen LogP contribution in [0.15, 0.2) is 36.4 Å². The molecule has 156 valence electrons. The maximum atomic E-state index is 12.6. The van der Waals surface area contributed by atoms with Gasteiger partial charge in [0.15, 0.2) is 6.10 Å². The summed E-state index contributed by atoms with van der Waals surface area (Å²) in [5.41, 5.74) is 2.38. The van der Waals surface area contributed by atoms with Crippen molar-refractivity contribution in [1.29, 1.82) is 0 Å². The van der Waals surface area contributed by atoms with E-state index in [2.05, 4.69) is 5.32 Å². The molecule has 2 N–H and O–H groups in total. The third-order valence-electron chi connectivity index (χ3n) is 5.06. The van der Waals surface area contributed by atoms with Crippen molar-refractivity contribution in [1.82, 2.24) is 10.2 Å². The molecule has 0 aromatic heterocycles. The molecule has 2 aliphatic rings. The number of ketones is 1. The van der Waals surface area contributed by atoms with E-state index < -0.39 is 12.2 Å². The standard InChI is InChI=1S/C21H19ClN2O6/c22-16-10-14(9-15-18(25)17(30-19(15)16)11-23-21(27)28)12-1-3-13(4-2-12)20(26)24-5-7-29-8-6-24/h1-4,9-10,17,23H,5-8,11H2,(H,27,28). The molecule has 0 radical (unpaired) electrons. The molecule has 0 bridgehead atoms. The number of carbonyl (C=O) groups is 3. The van der Waals surface area contributed by atoms with Gasteiger partial charge in [0, 0.05) is 18.7 Å². The van der Waals surface area contributed by atoms with Crippen LogP contribution in [-0.2, 0) is 4.74 Å². The molecule has 2 aromatic carbocycles. The number of halogens is 1. The summed E-state index contributed by atoms with van der Waals surface area (Å²) < 4.78 is 10.8. The van der Waals surface area contributed by atoms with Gasteiger partial charge in [0.25, 0.3) is 5.91 Å². The Morgan fingerprint density at radius 1 is 1.13 bits per heavy atom. The second-order valence-electron chi connectivity index (χ2n) is 6.97. The number of morpholine rings is 1. The molecule has 30 heavy (non-hydrogen) atoms. The molecule has 2 heterocycles. The zero-order valence-corrected chi connectivity index (χ0v) is 16.6. The second kappa shape index (κ2) is 8.33. The Hall–Kier alpha value is -3.10. The first-order valence-corrected chi connectivity index (χ1v) is 9.80. The van der Waals surface area contributed by atoms with Crippen molar-refractivity contribution < 1.29 is 29.0 Å². The molecule has 0 saturated carbocycles. The Morgan fingerprint density at radius 3 is 2.50 bits per heavy atom. The van der Waals surface area contributed by atoms with Crippen molar-refractivity contribution in [3.63, 3.8) is 0 Å². The number of hydrogen-bond donors (Lipinski definition) is 2. The van der Waals surface area contributed by atoms with Crippen molar-refractivity contribution in [2.75, 3.05) is 32.8 Å². The highest BCUT2D eigenvalue weighted by Crippen LogP contribution is 2.39. The molecule has 2 aromatic rings. The third-order valence-corrected chi connectivity index (χ3v) is 5.34. The molecular formula is C21H19ClN2O6. The monoisotopic (exact) mass is 430 g/mol. The average Bonchev–Trinajstić information content (AvgIpc) is 3.09. The largest absolute Gasteiger partial charge is 0.478 e. The number of nitrogens with one attached hydrogen (secondary N) is 1.